The molecule has 2 heterocycles. The molecule has 0 radical (unpaired) electrons. The van der Waals surface area contributed by atoms with E-state index in [0.29, 0.717) is 0 Å². The van der Waals surface area contributed by atoms with Crippen molar-refractivity contribution in [3.8, 4) is 11.3 Å². The lowest BCUT2D eigenvalue weighted by molar-refractivity contribution is -0.684. The summed E-state index contributed by atoms with van der Waals surface area (Å²) in [6.07, 6.45) is 5.88. The van der Waals surface area contributed by atoms with Crippen LogP contribution in [0.4, 0.5) is 0 Å². The Bertz CT molecular complexity index is 781. The molecule has 1 aromatic carbocycles. The van der Waals surface area contributed by atoms with Gasteiger partial charge in [0.25, 0.3) is 0 Å². The third-order valence-electron chi connectivity index (χ3n) is 6.24. The molecule has 1 aliphatic heterocycles. The van der Waals surface area contributed by atoms with Crippen molar-refractivity contribution in [2.45, 2.75) is 71.8 Å². The van der Waals surface area contributed by atoms with Gasteiger partial charge in [0, 0.05) is 24.5 Å². The molecule has 1 aliphatic rings. The lowest BCUT2D eigenvalue weighted by Crippen LogP contribution is -2.41. The van der Waals surface area contributed by atoms with Crippen LogP contribution in [0.5, 0.6) is 0 Å². The molecule has 0 atom stereocenters. The smallest absolute Gasteiger partial charge is 0.192 e. The summed E-state index contributed by atoms with van der Waals surface area (Å²) in [7, 11) is 0. The molecule has 1 aromatic heterocycles. The van der Waals surface area contributed by atoms with Gasteiger partial charge in [-0.05, 0) is 54.5 Å². The molecule has 0 spiro atoms. The molecule has 0 aliphatic carbocycles. The first kappa shape index (κ1) is 17.9. The average Bonchev–Trinajstić information content (AvgIpc) is 2.73. The maximum Gasteiger partial charge on any atom is 0.213 e. The van der Waals surface area contributed by atoms with Crippen LogP contribution in [-0.4, -0.2) is 0 Å². The van der Waals surface area contributed by atoms with Crippen LogP contribution in [0.3, 0.4) is 0 Å². The van der Waals surface area contributed by atoms with E-state index in [9.17, 15) is 0 Å². The Balaban J connectivity index is 2.28. The van der Waals surface area contributed by atoms with Crippen LogP contribution in [0, 0.1) is 6.92 Å². The molecule has 132 valence electrons. The van der Waals surface area contributed by atoms with Gasteiger partial charge in [-0.1, -0.05) is 45.9 Å². The number of nitrogens with zero attached hydrogens (tertiary/aromatic N) is 1. The van der Waals surface area contributed by atoms with E-state index in [1.54, 1.807) is 0 Å². The quantitative estimate of drug-likeness (QED) is 0.472. The molecule has 0 saturated heterocycles. The predicted molar refractivity (Wildman–Crippen MR) is 107 cm³/mol. The molecular formula is C24H32N+. The second kappa shape index (κ2) is 7.15. The topological polar surface area (TPSA) is 3.88 Å². The maximum absolute atomic E-state index is 4.56. The first-order valence-corrected chi connectivity index (χ1v) is 9.88. The molecule has 1 nitrogen and oxygen atoms in total. The zero-order valence-corrected chi connectivity index (χ0v) is 16.4. The van der Waals surface area contributed by atoms with Gasteiger partial charge in [0.05, 0.1) is 5.56 Å². The average molecular weight is 335 g/mol. The highest BCUT2D eigenvalue weighted by molar-refractivity contribution is 5.67. The van der Waals surface area contributed by atoms with E-state index in [1.807, 2.05) is 0 Å². The minimum Gasteiger partial charge on any atom is -0.192 e. The molecule has 1 heteroatoms. The number of aryl methyl sites for hydroxylation is 2. The number of fused-ring (bicyclic) bond motifs is 3. The zero-order valence-electron chi connectivity index (χ0n) is 16.4. The Hall–Kier alpha value is -1.89. The highest BCUT2D eigenvalue weighted by Crippen LogP contribution is 2.44. The van der Waals surface area contributed by atoms with Gasteiger partial charge in [-0.25, -0.2) is 0 Å². The second-order valence-corrected chi connectivity index (χ2v) is 7.51. The van der Waals surface area contributed by atoms with E-state index in [4.69, 9.17) is 0 Å². The molecule has 0 amide bonds. The number of benzene rings is 1. The number of rotatable bonds is 5. The maximum atomic E-state index is 4.56. The number of hydrogen-bond acceptors (Lipinski definition) is 0. The fourth-order valence-electron chi connectivity index (χ4n) is 4.51. The first-order chi connectivity index (χ1) is 12.1. The molecule has 0 saturated carbocycles. The SMILES string of the molecule is C=C1C[n+]2c(C)cccc2-c2cc(CCCC)ccc2C1(CC)CC. The van der Waals surface area contributed by atoms with Crippen LogP contribution in [0.1, 0.15) is 63.3 Å². The van der Waals surface area contributed by atoms with Crippen LogP contribution < -0.4 is 4.57 Å². The molecule has 3 rings (SSSR count). The van der Waals surface area contributed by atoms with E-state index < -0.39 is 0 Å². The van der Waals surface area contributed by atoms with Crippen LogP contribution in [0.15, 0.2) is 48.6 Å². The van der Waals surface area contributed by atoms with Crippen molar-refractivity contribution in [1.82, 2.24) is 0 Å². The molecule has 0 N–H and O–H groups in total. The van der Waals surface area contributed by atoms with Crippen LogP contribution in [0.25, 0.3) is 11.3 Å². The monoisotopic (exact) mass is 334 g/mol. The summed E-state index contributed by atoms with van der Waals surface area (Å²) < 4.78 is 2.46. The van der Waals surface area contributed by atoms with Crippen molar-refractivity contribution in [3.05, 3.63) is 65.4 Å². The van der Waals surface area contributed by atoms with Gasteiger partial charge in [0.2, 0.25) is 5.69 Å². The Morgan fingerprint density at radius 2 is 1.84 bits per heavy atom. The fourth-order valence-corrected chi connectivity index (χ4v) is 4.51. The van der Waals surface area contributed by atoms with E-state index in [1.165, 1.54) is 52.9 Å². The van der Waals surface area contributed by atoms with Gasteiger partial charge in [-0.3, -0.25) is 0 Å². The van der Waals surface area contributed by atoms with Gasteiger partial charge in [-0.2, -0.15) is 4.57 Å². The van der Waals surface area contributed by atoms with Gasteiger partial charge < -0.3 is 0 Å². The van der Waals surface area contributed by atoms with Gasteiger partial charge in [0.15, 0.2) is 12.2 Å². The minimum absolute atomic E-state index is 0.0804. The Morgan fingerprint density at radius 1 is 1.08 bits per heavy atom. The van der Waals surface area contributed by atoms with Crippen LogP contribution in [0.2, 0.25) is 0 Å². The molecular weight excluding hydrogens is 302 g/mol. The Kier molecular flexibility index (Phi) is 5.13. The lowest BCUT2D eigenvalue weighted by Gasteiger charge is -2.33. The summed E-state index contributed by atoms with van der Waals surface area (Å²) in [5.74, 6) is 0. The molecule has 0 unspecified atom stereocenters. The van der Waals surface area contributed by atoms with Crippen molar-refractivity contribution in [2.75, 3.05) is 0 Å². The summed E-state index contributed by atoms with van der Waals surface area (Å²) in [5, 5.41) is 0. The standard InChI is InChI=1S/C24H32N/c1-6-9-12-20-14-15-22-21(16-20)23-13-10-11-19(5)25(23)17-18(4)24(22,7-2)8-3/h10-11,13-16H,4,6-9,12,17H2,1-3,5H3/q+1. The molecule has 25 heavy (non-hydrogen) atoms. The predicted octanol–water partition coefficient (Wildman–Crippen LogP) is 5.92. The number of unbranched alkanes of at least 4 members (excludes halogenated alkanes) is 1. The Morgan fingerprint density at radius 3 is 2.52 bits per heavy atom. The van der Waals surface area contributed by atoms with Crippen molar-refractivity contribution in [3.63, 3.8) is 0 Å². The summed E-state index contributed by atoms with van der Waals surface area (Å²) in [6, 6.07) is 13.9. The first-order valence-electron chi connectivity index (χ1n) is 9.88. The minimum atomic E-state index is 0.0804. The number of hydrogen-bond donors (Lipinski definition) is 0. The summed E-state index contributed by atoms with van der Waals surface area (Å²) in [5.41, 5.74) is 8.43. The van der Waals surface area contributed by atoms with Crippen molar-refractivity contribution >= 4 is 0 Å². The fraction of sp³-hybridized carbons (Fsp3) is 0.458. The zero-order chi connectivity index (χ0) is 18.0. The third-order valence-corrected chi connectivity index (χ3v) is 6.24. The molecule has 0 fully saturated rings. The van der Waals surface area contributed by atoms with Gasteiger partial charge >= 0.3 is 0 Å². The van der Waals surface area contributed by atoms with Crippen LogP contribution in [-0.2, 0) is 18.4 Å². The van der Waals surface area contributed by atoms with E-state index >= 15 is 0 Å². The second-order valence-electron chi connectivity index (χ2n) is 7.51. The van der Waals surface area contributed by atoms with Crippen molar-refractivity contribution in [1.29, 1.82) is 0 Å². The van der Waals surface area contributed by atoms with E-state index in [2.05, 4.69) is 75.2 Å². The molecule has 0 bridgehead atoms. The van der Waals surface area contributed by atoms with Gasteiger partial charge in [-0.15, -0.1) is 0 Å². The lowest BCUT2D eigenvalue weighted by atomic mass is 9.69. The number of pyridine rings is 1. The largest absolute Gasteiger partial charge is 0.213 e. The summed E-state index contributed by atoms with van der Waals surface area (Å²) >= 11 is 0. The van der Waals surface area contributed by atoms with Gasteiger partial charge in [0.1, 0.15) is 0 Å². The number of aromatic nitrogens is 1. The normalized spacial score (nSPS) is 15.4. The van der Waals surface area contributed by atoms with Crippen molar-refractivity contribution < 1.29 is 4.57 Å². The van der Waals surface area contributed by atoms with Crippen LogP contribution >= 0.6 is 0 Å². The molecule has 2 aromatic rings. The summed E-state index contributed by atoms with van der Waals surface area (Å²) in [6.45, 7) is 14.6. The van der Waals surface area contributed by atoms with E-state index in [0.717, 1.165) is 19.4 Å². The van der Waals surface area contributed by atoms with Crippen molar-refractivity contribution in [2.24, 2.45) is 0 Å². The third kappa shape index (κ3) is 2.94. The van der Waals surface area contributed by atoms with E-state index in [-0.39, 0.29) is 5.41 Å². The number of allylic oxidation sites excluding steroid dienone is 1. The highest BCUT2D eigenvalue weighted by Gasteiger charge is 2.40. The Labute approximate surface area is 153 Å². The highest BCUT2D eigenvalue weighted by atomic mass is 15.0. The summed E-state index contributed by atoms with van der Waals surface area (Å²) in [4.78, 5) is 0.